The van der Waals surface area contributed by atoms with Crippen LogP contribution in [-0.2, 0) is 5.41 Å². The van der Waals surface area contributed by atoms with Crippen molar-refractivity contribution in [3.63, 3.8) is 0 Å². The molecule has 17 heavy (non-hydrogen) atoms. The SMILES string of the molecule is CCCC1(c2ccccc2)C=CC=C(C)C1C. The number of hydrogen-bond acceptors (Lipinski definition) is 0. The van der Waals surface area contributed by atoms with Crippen molar-refractivity contribution in [3.8, 4) is 0 Å². The first-order valence-corrected chi connectivity index (χ1v) is 6.62. The molecule has 2 unspecified atom stereocenters. The highest BCUT2D eigenvalue weighted by atomic mass is 14.4. The highest BCUT2D eigenvalue weighted by Gasteiger charge is 2.36. The van der Waals surface area contributed by atoms with Gasteiger partial charge in [0.1, 0.15) is 0 Å². The molecular formula is C17H22. The first kappa shape index (κ1) is 12.2. The predicted molar refractivity (Wildman–Crippen MR) is 75.1 cm³/mol. The third-order valence-electron chi connectivity index (χ3n) is 4.18. The molecular weight excluding hydrogens is 204 g/mol. The van der Waals surface area contributed by atoms with E-state index in [0.29, 0.717) is 5.92 Å². The molecule has 0 heteroatoms. The van der Waals surface area contributed by atoms with Crippen LogP contribution in [0.4, 0.5) is 0 Å². The van der Waals surface area contributed by atoms with Crippen molar-refractivity contribution in [2.75, 3.05) is 0 Å². The maximum absolute atomic E-state index is 2.41. The first-order chi connectivity index (χ1) is 8.20. The van der Waals surface area contributed by atoms with Crippen LogP contribution in [0.2, 0.25) is 0 Å². The Hall–Kier alpha value is -1.30. The average Bonchev–Trinajstić information content (AvgIpc) is 2.36. The zero-order chi connectivity index (χ0) is 12.3. The zero-order valence-electron chi connectivity index (χ0n) is 11.1. The zero-order valence-corrected chi connectivity index (χ0v) is 11.1. The fourth-order valence-corrected chi connectivity index (χ4v) is 3.02. The Bertz CT molecular complexity index is 425. The minimum Gasteiger partial charge on any atom is -0.0734 e. The summed E-state index contributed by atoms with van der Waals surface area (Å²) in [6, 6.07) is 11.0. The van der Waals surface area contributed by atoms with Crippen LogP contribution in [0, 0.1) is 5.92 Å². The van der Waals surface area contributed by atoms with E-state index in [0.717, 1.165) is 0 Å². The standard InChI is InChI=1S/C17H22/c1-4-12-17(16-10-6-5-7-11-16)13-8-9-14(2)15(17)3/h5-11,13,15H,4,12H2,1-3H3. The minimum absolute atomic E-state index is 0.203. The van der Waals surface area contributed by atoms with Crippen LogP contribution in [0.1, 0.15) is 39.2 Å². The van der Waals surface area contributed by atoms with Crippen molar-refractivity contribution in [1.29, 1.82) is 0 Å². The summed E-state index contributed by atoms with van der Waals surface area (Å²) in [5.41, 5.74) is 3.15. The van der Waals surface area contributed by atoms with Gasteiger partial charge in [0.2, 0.25) is 0 Å². The van der Waals surface area contributed by atoms with Crippen LogP contribution < -0.4 is 0 Å². The Morgan fingerprint density at radius 3 is 2.53 bits per heavy atom. The van der Waals surface area contributed by atoms with Gasteiger partial charge in [0.25, 0.3) is 0 Å². The fourth-order valence-electron chi connectivity index (χ4n) is 3.02. The van der Waals surface area contributed by atoms with Crippen LogP contribution in [0.3, 0.4) is 0 Å². The molecule has 2 atom stereocenters. The third kappa shape index (κ3) is 2.09. The topological polar surface area (TPSA) is 0 Å². The van der Waals surface area contributed by atoms with Crippen molar-refractivity contribution in [3.05, 3.63) is 59.7 Å². The molecule has 0 fully saturated rings. The van der Waals surface area contributed by atoms with Gasteiger partial charge in [-0.05, 0) is 24.8 Å². The van der Waals surface area contributed by atoms with Crippen molar-refractivity contribution in [2.24, 2.45) is 5.92 Å². The molecule has 90 valence electrons. The second kappa shape index (κ2) is 4.91. The average molecular weight is 226 g/mol. The van der Waals surface area contributed by atoms with Crippen LogP contribution in [-0.4, -0.2) is 0 Å². The normalized spacial score (nSPS) is 27.9. The molecule has 0 aromatic heterocycles. The number of benzene rings is 1. The second-order valence-electron chi connectivity index (χ2n) is 5.15. The monoisotopic (exact) mass is 226 g/mol. The van der Waals surface area contributed by atoms with Crippen molar-refractivity contribution in [1.82, 2.24) is 0 Å². The van der Waals surface area contributed by atoms with E-state index >= 15 is 0 Å². The maximum atomic E-state index is 2.41. The molecule has 1 aromatic rings. The fraction of sp³-hybridized carbons (Fsp3) is 0.412. The number of hydrogen-bond donors (Lipinski definition) is 0. The summed E-state index contributed by atoms with van der Waals surface area (Å²) in [7, 11) is 0. The van der Waals surface area contributed by atoms with E-state index in [1.54, 1.807) is 0 Å². The second-order valence-corrected chi connectivity index (χ2v) is 5.15. The van der Waals surface area contributed by atoms with E-state index in [4.69, 9.17) is 0 Å². The van der Waals surface area contributed by atoms with Gasteiger partial charge in [-0.2, -0.15) is 0 Å². The van der Waals surface area contributed by atoms with Gasteiger partial charge in [-0.1, -0.05) is 74.4 Å². The minimum atomic E-state index is 0.203. The molecule has 2 rings (SSSR count). The molecule has 0 saturated carbocycles. The van der Waals surface area contributed by atoms with Gasteiger partial charge in [0.15, 0.2) is 0 Å². The molecule has 0 spiro atoms. The molecule has 1 aromatic carbocycles. The van der Waals surface area contributed by atoms with Gasteiger partial charge in [0, 0.05) is 5.41 Å². The molecule has 0 aliphatic heterocycles. The largest absolute Gasteiger partial charge is 0.0734 e. The highest BCUT2D eigenvalue weighted by molar-refractivity contribution is 5.39. The lowest BCUT2D eigenvalue weighted by Gasteiger charge is -2.40. The predicted octanol–water partition coefficient (Wildman–Crippen LogP) is 4.88. The number of allylic oxidation sites excluding steroid dienone is 4. The lowest BCUT2D eigenvalue weighted by molar-refractivity contribution is 0.367. The highest BCUT2D eigenvalue weighted by Crippen LogP contribution is 2.43. The Kier molecular flexibility index (Phi) is 3.51. The summed E-state index contributed by atoms with van der Waals surface area (Å²) in [4.78, 5) is 0. The van der Waals surface area contributed by atoms with Crippen LogP contribution in [0.5, 0.6) is 0 Å². The molecule has 0 amide bonds. The molecule has 0 saturated heterocycles. The molecule has 0 N–H and O–H groups in total. The van der Waals surface area contributed by atoms with Crippen molar-refractivity contribution < 1.29 is 0 Å². The summed E-state index contributed by atoms with van der Waals surface area (Å²) in [5.74, 6) is 0.592. The molecule has 0 radical (unpaired) electrons. The van der Waals surface area contributed by atoms with Gasteiger partial charge >= 0.3 is 0 Å². The van der Waals surface area contributed by atoms with Gasteiger partial charge < -0.3 is 0 Å². The molecule has 1 aliphatic rings. The Morgan fingerprint density at radius 2 is 1.88 bits per heavy atom. The third-order valence-corrected chi connectivity index (χ3v) is 4.18. The first-order valence-electron chi connectivity index (χ1n) is 6.62. The Balaban J connectivity index is 2.48. The van der Waals surface area contributed by atoms with Crippen LogP contribution in [0.15, 0.2) is 54.1 Å². The molecule has 1 aliphatic carbocycles. The molecule has 0 nitrogen and oxygen atoms in total. The van der Waals surface area contributed by atoms with E-state index in [2.05, 4.69) is 69.3 Å². The lowest BCUT2D eigenvalue weighted by atomic mass is 9.64. The van der Waals surface area contributed by atoms with Gasteiger partial charge in [-0.3, -0.25) is 0 Å². The van der Waals surface area contributed by atoms with Crippen LogP contribution in [0.25, 0.3) is 0 Å². The van der Waals surface area contributed by atoms with E-state index < -0.39 is 0 Å². The summed E-state index contributed by atoms with van der Waals surface area (Å²) in [5, 5.41) is 0. The van der Waals surface area contributed by atoms with E-state index in [1.807, 2.05) is 0 Å². The lowest BCUT2D eigenvalue weighted by Crippen LogP contribution is -2.33. The Labute approximate surface area is 105 Å². The van der Waals surface area contributed by atoms with E-state index in [-0.39, 0.29) is 5.41 Å². The van der Waals surface area contributed by atoms with Gasteiger partial charge in [-0.15, -0.1) is 0 Å². The molecule has 0 bridgehead atoms. The van der Waals surface area contributed by atoms with Gasteiger partial charge in [0.05, 0.1) is 0 Å². The van der Waals surface area contributed by atoms with Crippen LogP contribution >= 0.6 is 0 Å². The van der Waals surface area contributed by atoms with Crippen molar-refractivity contribution in [2.45, 2.75) is 39.0 Å². The summed E-state index contributed by atoms with van der Waals surface area (Å²) in [6.45, 7) is 6.89. The molecule has 0 heterocycles. The summed E-state index contributed by atoms with van der Waals surface area (Å²) >= 11 is 0. The quantitative estimate of drug-likeness (QED) is 0.689. The van der Waals surface area contributed by atoms with E-state index in [1.165, 1.54) is 24.0 Å². The van der Waals surface area contributed by atoms with Gasteiger partial charge in [-0.25, -0.2) is 0 Å². The number of rotatable bonds is 3. The van der Waals surface area contributed by atoms with Crippen molar-refractivity contribution >= 4 is 0 Å². The summed E-state index contributed by atoms with van der Waals surface area (Å²) < 4.78 is 0. The summed E-state index contributed by atoms with van der Waals surface area (Å²) in [6.07, 6.45) is 9.33. The van der Waals surface area contributed by atoms with E-state index in [9.17, 15) is 0 Å². The Morgan fingerprint density at radius 1 is 1.18 bits per heavy atom. The maximum Gasteiger partial charge on any atom is 0.0197 e. The smallest absolute Gasteiger partial charge is 0.0197 e.